The zero-order chi connectivity index (χ0) is 18.3. The van der Waals surface area contributed by atoms with Crippen LogP contribution < -0.4 is 14.8 Å². The van der Waals surface area contributed by atoms with E-state index in [1.54, 1.807) is 4.68 Å². The lowest BCUT2D eigenvalue weighted by molar-refractivity contribution is 0.110. The molecule has 6 rings (SSSR count). The molecule has 8 nitrogen and oxygen atoms in total. The summed E-state index contributed by atoms with van der Waals surface area (Å²) < 4.78 is 18.5. The van der Waals surface area contributed by atoms with Crippen molar-refractivity contribution in [3.63, 3.8) is 0 Å². The summed E-state index contributed by atoms with van der Waals surface area (Å²) in [5.41, 5.74) is 1.18. The van der Waals surface area contributed by atoms with Gasteiger partial charge < -0.3 is 19.5 Å². The number of hydrogen-bond acceptors (Lipinski definition) is 8. The van der Waals surface area contributed by atoms with Crippen LogP contribution in [0.15, 0.2) is 18.2 Å². The molecule has 1 aromatic carbocycles. The highest BCUT2D eigenvalue weighted by molar-refractivity contribution is 7.98. The Kier molecular flexibility index (Phi) is 4.45. The van der Waals surface area contributed by atoms with Crippen LogP contribution in [0.1, 0.15) is 31.1 Å². The SMILES string of the molecule is CSCCC(NCC12COC(C1)C2)c1nnnn1-c1ccc2c(c1)OCO2. The summed E-state index contributed by atoms with van der Waals surface area (Å²) in [6.07, 6.45) is 5.91. The fourth-order valence-electron chi connectivity index (χ4n) is 4.14. The maximum Gasteiger partial charge on any atom is 0.231 e. The number of nitrogens with zero attached hydrogens (tertiary/aromatic N) is 4. The van der Waals surface area contributed by atoms with Crippen LogP contribution in [0.4, 0.5) is 0 Å². The van der Waals surface area contributed by atoms with E-state index < -0.39 is 0 Å². The highest BCUT2D eigenvalue weighted by atomic mass is 32.2. The Bertz CT molecular complexity index is 818. The second-order valence-corrected chi connectivity index (χ2v) is 8.53. The van der Waals surface area contributed by atoms with E-state index in [0.717, 1.165) is 48.3 Å². The van der Waals surface area contributed by atoms with Gasteiger partial charge in [0.2, 0.25) is 6.79 Å². The Hall–Kier alpha value is -1.84. The number of aromatic nitrogens is 4. The highest BCUT2D eigenvalue weighted by Crippen LogP contribution is 2.49. The third-order valence-electron chi connectivity index (χ3n) is 5.69. The Balaban J connectivity index is 1.38. The van der Waals surface area contributed by atoms with Gasteiger partial charge in [0.1, 0.15) is 0 Å². The smallest absolute Gasteiger partial charge is 0.231 e. The maximum absolute atomic E-state index is 5.75. The van der Waals surface area contributed by atoms with E-state index in [4.69, 9.17) is 14.2 Å². The fraction of sp³-hybridized carbons (Fsp3) is 0.611. The first-order chi connectivity index (χ1) is 13.3. The molecule has 3 fully saturated rings. The van der Waals surface area contributed by atoms with Crippen molar-refractivity contribution in [2.75, 3.05) is 32.0 Å². The van der Waals surface area contributed by atoms with Crippen molar-refractivity contribution in [3.05, 3.63) is 24.0 Å². The molecular weight excluding hydrogens is 366 g/mol. The van der Waals surface area contributed by atoms with Crippen LogP contribution in [-0.4, -0.2) is 58.3 Å². The molecule has 2 bridgehead atoms. The number of thioether (sulfide) groups is 1. The third kappa shape index (κ3) is 3.17. The number of ether oxygens (including phenoxy) is 3. The standard InChI is InChI=1S/C18H23N5O3S/c1-27-5-4-14(19-9-18-7-13(8-18)24-10-18)17-20-21-22-23(17)12-2-3-15-16(6-12)26-11-25-15/h2-3,6,13-14,19H,4-5,7-11H2,1H3. The summed E-state index contributed by atoms with van der Waals surface area (Å²) in [6.45, 7) is 2.06. The second kappa shape index (κ2) is 6.96. The molecule has 1 aromatic heterocycles. The third-order valence-corrected chi connectivity index (χ3v) is 6.33. The first-order valence-electron chi connectivity index (χ1n) is 9.29. The van der Waals surface area contributed by atoms with Crippen LogP contribution in [0.2, 0.25) is 0 Å². The number of fused-ring (bicyclic) bond motifs is 2. The predicted octanol–water partition coefficient (Wildman–Crippen LogP) is 1.95. The summed E-state index contributed by atoms with van der Waals surface area (Å²) in [7, 11) is 0. The quantitative estimate of drug-likeness (QED) is 0.734. The molecule has 1 N–H and O–H groups in total. The summed E-state index contributed by atoms with van der Waals surface area (Å²) in [5, 5.41) is 16.3. The average Bonchev–Trinajstić information content (AvgIpc) is 3.43. The zero-order valence-electron chi connectivity index (χ0n) is 15.3. The number of hydrogen-bond donors (Lipinski definition) is 1. The molecule has 0 radical (unpaired) electrons. The van der Waals surface area contributed by atoms with E-state index in [-0.39, 0.29) is 12.8 Å². The maximum atomic E-state index is 5.75. The molecule has 27 heavy (non-hydrogen) atoms. The van der Waals surface area contributed by atoms with Gasteiger partial charge in [0.25, 0.3) is 0 Å². The van der Waals surface area contributed by atoms with Crippen LogP contribution in [0.25, 0.3) is 5.69 Å². The molecular formula is C18H23N5O3S. The topological polar surface area (TPSA) is 83.3 Å². The van der Waals surface area contributed by atoms with Crippen molar-refractivity contribution >= 4 is 11.8 Å². The molecule has 144 valence electrons. The van der Waals surface area contributed by atoms with E-state index in [9.17, 15) is 0 Å². The lowest BCUT2D eigenvalue weighted by Gasteiger charge is -2.36. The number of rotatable bonds is 8. The highest BCUT2D eigenvalue weighted by Gasteiger charge is 2.51. The summed E-state index contributed by atoms with van der Waals surface area (Å²) in [6, 6.07) is 5.87. The van der Waals surface area contributed by atoms with E-state index in [0.29, 0.717) is 11.5 Å². The average molecular weight is 389 g/mol. The Morgan fingerprint density at radius 2 is 2.22 bits per heavy atom. The minimum Gasteiger partial charge on any atom is -0.454 e. The predicted molar refractivity (Wildman–Crippen MR) is 100 cm³/mol. The van der Waals surface area contributed by atoms with Gasteiger partial charge in [0.15, 0.2) is 17.3 Å². The zero-order valence-corrected chi connectivity index (χ0v) is 16.1. The van der Waals surface area contributed by atoms with E-state index >= 15 is 0 Å². The molecule has 3 aliphatic heterocycles. The van der Waals surface area contributed by atoms with Crippen molar-refractivity contribution < 1.29 is 14.2 Å². The van der Waals surface area contributed by atoms with Crippen molar-refractivity contribution in [1.29, 1.82) is 0 Å². The van der Waals surface area contributed by atoms with Gasteiger partial charge in [-0.25, -0.2) is 0 Å². The van der Waals surface area contributed by atoms with Crippen LogP contribution in [-0.2, 0) is 4.74 Å². The van der Waals surface area contributed by atoms with Gasteiger partial charge in [-0.3, -0.25) is 0 Å². The lowest BCUT2D eigenvalue weighted by atomic mass is 9.70. The van der Waals surface area contributed by atoms with Crippen molar-refractivity contribution in [2.24, 2.45) is 5.41 Å². The first kappa shape index (κ1) is 17.3. The molecule has 1 unspecified atom stereocenters. The molecule has 1 atom stereocenters. The molecule has 9 heteroatoms. The Labute approximate surface area is 161 Å². The molecule has 1 aliphatic carbocycles. The molecule has 4 aliphatic rings. The van der Waals surface area contributed by atoms with Crippen molar-refractivity contribution in [2.45, 2.75) is 31.4 Å². The molecule has 1 saturated carbocycles. The molecule has 4 heterocycles. The fourth-order valence-corrected chi connectivity index (χ4v) is 4.61. The van der Waals surface area contributed by atoms with Crippen LogP contribution >= 0.6 is 11.8 Å². The summed E-state index contributed by atoms with van der Waals surface area (Å²) in [4.78, 5) is 0. The van der Waals surface area contributed by atoms with E-state index in [2.05, 4.69) is 27.1 Å². The van der Waals surface area contributed by atoms with Gasteiger partial charge in [-0.2, -0.15) is 16.4 Å². The summed E-state index contributed by atoms with van der Waals surface area (Å²) in [5.74, 6) is 3.35. The van der Waals surface area contributed by atoms with Crippen LogP contribution in [0.3, 0.4) is 0 Å². The second-order valence-electron chi connectivity index (χ2n) is 7.54. The lowest BCUT2D eigenvalue weighted by Crippen LogP contribution is -2.43. The monoisotopic (exact) mass is 389 g/mol. The molecule has 2 aromatic rings. The van der Waals surface area contributed by atoms with Gasteiger partial charge in [-0.1, -0.05) is 0 Å². The number of tetrazole rings is 1. The van der Waals surface area contributed by atoms with Crippen molar-refractivity contribution in [3.8, 4) is 17.2 Å². The van der Waals surface area contributed by atoms with Crippen LogP contribution in [0, 0.1) is 5.41 Å². The van der Waals surface area contributed by atoms with Gasteiger partial charge in [-0.05, 0) is 53.8 Å². The minimum absolute atomic E-state index is 0.0897. The van der Waals surface area contributed by atoms with Crippen LogP contribution in [0.5, 0.6) is 11.5 Å². The molecule has 0 spiro atoms. The number of benzene rings is 1. The Morgan fingerprint density at radius 3 is 3.04 bits per heavy atom. The van der Waals surface area contributed by atoms with Gasteiger partial charge in [-0.15, -0.1) is 5.10 Å². The first-order valence-corrected chi connectivity index (χ1v) is 10.7. The van der Waals surface area contributed by atoms with Crippen molar-refractivity contribution in [1.82, 2.24) is 25.5 Å². The van der Waals surface area contributed by atoms with E-state index in [1.807, 2.05) is 30.0 Å². The Morgan fingerprint density at radius 1 is 1.33 bits per heavy atom. The van der Waals surface area contributed by atoms with Gasteiger partial charge in [0, 0.05) is 18.0 Å². The largest absolute Gasteiger partial charge is 0.454 e. The van der Waals surface area contributed by atoms with E-state index in [1.165, 1.54) is 12.8 Å². The van der Waals surface area contributed by atoms with Gasteiger partial charge in [0.05, 0.1) is 24.4 Å². The van der Waals surface area contributed by atoms with Gasteiger partial charge >= 0.3 is 0 Å². The normalized spacial score (nSPS) is 26.2. The molecule has 2 saturated heterocycles. The number of nitrogens with one attached hydrogen (secondary N) is 1. The minimum atomic E-state index is 0.0897. The summed E-state index contributed by atoms with van der Waals surface area (Å²) >= 11 is 1.83. The molecule has 0 amide bonds.